The second-order valence-electron chi connectivity index (χ2n) is 3.50. The molecule has 15 heavy (non-hydrogen) atoms. The first-order valence-electron chi connectivity index (χ1n) is 4.92. The van der Waals surface area contributed by atoms with Crippen molar-refractivity contribution >= 4 is 10.1 Å². The summed E-state index contributed by atoms with van der Waals surface area (Å²) in [7, 11) is -2.39. The van der Waals surface area contributed by atoms with Crippen molar-refractivity contribution in [1.29, 1.82) is 0 Å². The zero-order chi connectivity index (χ0) is 11.5. The first-order chi connectivity index (χ1) is 7.01. The van der Waals surface area contributed by atoms with E-state index in [-0.39, 0.29) is 4.90 Å². The van der Waals surface area contributed by atoms with Gasteiger partial charge in [0.1, 0.15) is 0 Å². The Bertz CT molecular complexity index is 423. The van der Waals surface area contributed by atoms with Crippen LogP contribution >= 0.6 is 0 Å². The van der Waals surface area contributed by atoms with Gasteiger partial charge in [0.25, 0.3) is 10.1 Å². The van der Waals surface area contributed by atoms with Gasteiger partial charge in [0.2, 0.25) is 0 Å². The van der Waals surface area contributed by atoms with Crippen LogP contribution in [0.3, 0.4) is 0 Å². The zero-order valence-electron chi connectivity index (χ0n) is 9.23. The Hall–Kier alpha value is -0.870. The maximum absolute atomic E-state index is 11.4. The van der Waals surface area contributed by atoms with Gasteiger partial charge in [-0.1, -0.05) is 26.0 Å². The van der Waals surface area contributed by atoms with E-state index in [4.69, 9.17) is 0 Å². The summed E-state index contributed by atoms with van der Waals surface area (Å²) in [6, 6.07) is 6.90. The Morgan fingerprint density at radius 3 is 2.60 bits per heavy atom. The van der Waals surface area contributed by atoms with Crippen LogP contribution in [0.15, 0.2) is 29.2 Å². The van der Waals surface area contributed by atoms with E-state index in [1.54, 1.807) is 18.2 Å². The lowest BCUT2D eigenvalue weighted by atomic mass is 9.99. The van der Waals surface area contributed by atoms with Gasteiger partial charge >= 0.3 is 0 Å². The van der Waals surface area contributed by atoms with Gasteiger partial charge in [0.15, 0.2) is 0 Å². The largest absolute Gasteiger partial charge is 0.296 e. The molecule has 0 N–H and O–H groups in total. The summed E-state index contributed by atoms with van der Waals surface area (Å²) in [5, 5.41) is 0. The third-order valence-electron chi connectivity index (χ3n) is 2.55. The van der Waals surface area contributed by atoms with Crippen molar-refractivity contribution < 1.29 is 12.6 Å². The van der Waals surface area contributed by atoms with Gasteiger partial charge in [-0.2, -0.15) is 8.42 Å². The Morgan fingerprint density at radius 2 is 2.07 bits per heavy atom. The van der Waals surface area contributed by atoms with Gasteiger partial charge in [0.05, 0.1) is 12.0 Å². The van der Waals surface area contributed by atoms with Crippen LogP contribution in [0.5, 0.6) is 0 Å². The van der Waals surface area contributed by atoms with Crippen molar-refractivity contribution in [3.05, 3.63) is 29.8 Å². The summed E-state index contributed by atoms with van der Waals surface area (Å²) in [5.41, 5.74) is 1.02. The molecule has 0 aromatic heterocycles. The highest BCUT2D eigenvalue weighted by atomic mass is 32.2. The summed E-state index contributed by atoms with van der Waals surface area (Å²) >= 11 is 0. The molecule has 0 heterocycles. The first-order valence-corrected chi connectivity index (χ1v) is 6.32. The first kappa shape index (κ1) is 12.2. The number of hydrogen-bond donors (Lipinski definition) is 0. The van der Waals surface area contributed by atoms with E-state index in [2.05, 4.69) is 18.0 Å². The van der Waals surface area contributed by atoms with Gasteiger partial charge in [-0.15, -0.1) is 0 Å². The minimum Gasteiger partial charge on any atom is -0.270 e. The molecule has 1 rings (SSSR count). The molecular formula is C11H16O3S. The van der Waals surface area contributed by atoms with Crippen LogP contribution in [-0.4, -0.2) is 15.5 Å². The monoisotopic (exact) mass is 228 g/mol. The van der Waals surface area contributed by atoms with Crippen molar-refractivity contribution in [3.63, 3.8) is 0 Å². The molecule has 0 saturated heterocycles. The van der Waals surface area contributed by atoms with E-state index in [9.17, 15) is 8.42 Å². The van der Waals surface area contributed by atoms with E-state index in [1.165, 1.54) is 7.11 Å². The van der Waals surface area contributed by atoms with E-state index in [0.717, 1.165) is 12.0 Å². The second-order valence-corrected chi connectivity index (χ2v) is 5.22. The SMILES string of the molecule is CCC(C)c1cccc(S(=O)(=O)OC)c1. The molecule has 0 aliphatic rings. The van der Waals surface area contributed by atoms with Crippen molar-refractivity contribution in [3.8, 4) is 0 Å². The number of hydrogen-bond acceptors (Lipinski definition) is 3. The number of benzene rings is 1. The maximum atomic E-state index is 11.4. The van der Waals surface area contributed by atoms with E-state index in [0.29, 0.717) is 5.92 Å². The summed E-state index contributed by atoms with van der Waals surface area (Å²) < 4.78 is 27.3. The van der Waals surface area contributed by atoms with Crippen LogP contribution in [0.25, 0.3) is 0 Å². The summed E-state index contributed by atoms with van der Waals surface area (Å²) in [6.07, 6.45) is 0.983. The van der Waals surface area contributed by atoms with Crippen molar-refractivity contribution in [2.45, 2.75) is 31.1 Å². The molecule has 84 valence electrons. The predicted octanol–water partition coefficient (Wildman–Crippen LogP) is 2.54. The molecule has 0 amide bonds. The Balaban J connectivity index is 3.14. The Labute approximate surface area is 91.2 Å². The molecule has 4 heteroatoms. The van der Waals surface area contributed by atoms with Crippen LogP contribution in [0.4, 0.5) is 0 Å². The van der Waals surface area contributed by atoms with Crippen LogP contribution in [-0.2, 0) is 14.3 Å². The highest BCUT2D eigenvalue weighted by Gasteiger charge is 2.14. The molecule has 1 aromatic rings. The van der Waals surface area contributed by atoms with Crippen molar-refractivity contribution in [2.24, 2.45) is 0 Å². The molecule has 0 saturated carbocycles. The van der Waals surface area contributed by atoms with Crippen LogP contribution in [0.1, 0.15) is 31.7 Å². The topological polar surface area (TPSA) is 43.4 Å². The highest BCUT2D eigenvalue weighted by Crippen LogP contribution is 2.22. The molecular weight excluding hydrogens is 212 g/mol. The Kier molecular flexibility index (Phi) is 3.88. The lowest BCUT2D eigenvalue weighted by Gasteiger charge is -2.10. The fraction of sp³-hybridized carbons (Fsp3) is 0.455. The third kappa shape index (κ3) is 2.79. The minimum atomic E-state index is -3.56. The molecule has 0 aliphatic heterocycles. The van der Waals surface area contributed by atoms with Crippen molar-refractivity contribution in [1.82, 2.24) is 0 Å². The minimum absolute atomic E-state index is 0.225. The van der Waals surface area contributed by atoms with Gasteiger partial charge < -0.3 is 0 Å². The fourth-order valence-corrected chi connectivity index (χ4v) is 2.03. The maximum Gasteiger partial charge on any atom is 0.296 e. The van der Waals surface area contributed by atoms with E-state index >= 15 is 0 Å². The molecule has 1 atom stereocenters. The number of rotatable bonds is 4. The van der Waals surface area contributed by atoms with Crippen LogP contribution < -0.4 is 0 Å². The molecule has 3 nitrogen and oxygen atoms in total. The van der Waals surface area contributed by atoms with Crippen LogP contribution in [0, 0.1) is 0 Å². The second kappa shape index (κ2) is 4.77. The summed E-state index contributed by atoms with van der Waals surface area (Å²) in [6.45, 7) is 4.14. The zero-order valence-corrected chi connectivity index (χ0v) is 10.0. The molecule has 0 spiro atoms. The van der Waals surface area contributed by atoms with Crippen molar-refractivity contribution in [2.75, 3.05) is 7.11 Å². The molecule has 0 radical (unpaired) electrons. The lowest BCUT2D eigenvalue weighted by Crippen LogP contribution is -2.03. The molecule has 0 bridgehead atoms. The third-order valence-corrected chi connectivity index (χ3v) is 3.82. The van der Waals surface area contributed by atoms with E-state index in [1.807, 2.05) is 6.07 Å². The van der Waals surface area contributed by atoms with Crippen LogP contribution in [0.2, 0.25) is 0 Å². The van der Waals surface area contributed by atoms with Gasteiger partial charge in [0, 0.05) is 0 Å². The van der Waals surface area contributed by atoms with Gasteiger partial charge in [-0.25, -0.2) is 0 Å². The quantitative estimate of drug-likeness (QED) is 0.744. The smallest absolute Gasteiger partial charge is 0.270 e. The standard InChI is InChI=1S/C11H16O3S/c1-4-9(2)10-6-5-7-11(8-10)15(12,13)14-3/h5-9H,4H2,1-3H3. The molecule has 0 aliphatic carbocycles. The molecule has 1 unspecified atom stereocenters. The normalized spacial score (nSPS) is 13.8. The van der Waals surface area contributed by atoms with Gasteiger partial charge in [-0.3, -0.25) is 4.18 Å². The molecule has 1 aromatic carbocycles. The summed E-state index contributed by atoms with van der Waals surface area (Å²) in [4.78, 5) is 0.225. The average Bonchev–Trinajstić information content (AvgIpc) is 2.28. The molecule has 0 fully saturated rings. The van der Waals surface area contributed by atoms with E-state index < -0.39 is 10.1 Å². The summed E-state index contributed by atoms with van der Waals surface area (Å²) in [5.74, 6) is 0.358. The van der Waals surface area contributed by atoms with Gasteiger partial charge in [-0.05, 0) is 30.0 Å². The predicted molar refractivity (Wildman–Crippen MR) is 59.3 cm³/mol. The average molecular weight is 228 g/mol. The lowest BCUT2D eigenvalue weighted by molar-refractivity contribution is 0.397. The fourth-order valence-electron chi connectivity index (χ4n) is 1.31. The highest BCUT2D eigenvalue weighted by molar-refractivity contribution is 7.86. The Morgan fingerprint density at radius 1 is 1.40 bits per heavy atom.